The summed E-state index contributed by atoms with van der Waals surface area (Å²) in [5, 5.41) is 0. The highest BCUT2D eigenvalue weighted by Crippen LogP contribution is 2.64. The van der Waals surface area contributed by atoms with Crippen LogP contribution in [-0.2, 0) is 0 Å². The van der Waals surface area contributed by atoms with E-state index in [1.807, 2.05) is 6.08 Å². The van der Waals surface area contributed by atoms with E-state index in [4.69, 9.17) is 0 Å². The molecule has 1 heteroatoms. The maximum atomic E-state index is 3.85. The van der Waals surface area contributed by atoms with E-state index in [1.165, 1.54) is 18.4 Å². The Bertz CT molecular complexity index is 456. The van der Waals surface area contributed by atoms with E-state index in [2.05, 4.69) is 58.0 Å². The van der Waals surface area contributed by atoms with Crippen molar-refractivity contribution < 1.29 is 0 Å². The molecule has 0 radical (unpaired) electrons. The fraction of sp³-hybridized carbons (Fsp3) is 0.647. The first-order valence-electron chi connectivity index (χ1n) is 7.09. The first kappa shape index (κ1) is 13.7. The highest BCUT2D eigenvalue weighted by molar-refractivity contribution is 6.85. The molecule has 0 spiro atoms. The van der Waals surface area contributed by atoms with Crippen LogP contribution in [0.2, 0.25) is 19.1 Å². The molecule has 2 aliphatic rings. The molecule has 2 atom stereocenters. The van der Waals surface area contributed by atoms with Gasteiger partial charge in [0.05, 0.1) is 0 Å². The van der Waals surface area contributed by atoms with Crippen molar-refractivity contribution in [3.05, 3.63) is 24.3 Å². The van der Waals surface area contributed by atoms with Crippen molar-refractivity contribution in [3.8, 4) is 11.5 Å². The molecule has 0 aromatic carbocycles. The minimum absolute atomic E-state index is 0.323. The molecule has 0 aromatic rings. The van der Waals surface area contributed by atoms with Crippen molar-refractivity contribution >= 4 is 8.07 Å². The van der Waals surface area contributed by atoms with Crippen LogP contribution in [0, 0.1) is 28.2 Å². The van der Waals surface area contributed by atoms with Crippen LogP contribution in [0.3, 0.4) is 0 Å². The molecular formula is C17H26Si. The molecule has 1 saturated carbocycles. The molecule has 1 fully saturated rings. The third-order valence-electron chi connectivity index (χ3n) is 5.46. The van der Waals surface area contributed by atoms with Crippen molar-refractivity contribution in [2.24, 2.45) is 16.7 Å². The second kappa shape index (κ2) is 4.13. The van der Waals surface area contributed by atoms with E-state index in [0.717, 1.165) is 12.0 Å². The van der Waals surface area contributed by atoms with Crippen LogP contribution in [0.25, 0.3) is 0 Å². The van der Waals surface area contributed by atoms with E-state index in [-0.39, 0.29) is 0 Å². The SMILES string of the molecule is C=CC[Si](C)(C)C#CC1=C[C@H]2CC[C@]1(C)C2(C)C. The summed E-state index contributed by atoms with van der Waals surface area (Å²) in [6, 6.07) is 1.09. The third-order valence-corrected chi connectivity index (χ3v) is 7.57. The summed E-state index contributed by atoms with van der Waals surface area (Å²) in [7, 11) is -1.40. The Morgan fingerprint density at radius 3 is 2.56 bits per heavy atom. The Balaban J connectivity index is 2.26. The van der Waals surface area contributed by atoms with Crippen LogP contribution in [0.5, 0.6) is 0 Å². The topological polar surface area (TPSA) is 0 Å². The van der Waals surface area contributed by atoms with Gasteiger partial charge in [-0.2, -0.15) is 0 Å². The van der Waals surface area contributed by atoms with Crippen molar-refractivity contribution in [2.45, 2.75) is 52.8 Å². The monoisotopic (exact) mass is 258 g/mol. The second-order valence-electron chi connectivity index (χ2n) is 7.41. The molecule has 98 valence electrons. The van der Waals surface area contributed by atoms with E-state index in [9.17, 15) is 0 Å². The van der Waals surface area contributed by atoms with Gasteiger partial charge in [-0.15, -0.1) is 12.1 Å². The Labute approximate surface area is 114 Å². The predicted molar refractivity (Wildman–Crippen MR) is 83.0 cm³/mol. The minimum atomic E-state index is -1.40. The fourth-order valence-electron chi connectivity index (χ4n) is 3.52. The summed E-state index contributed by atoms with van der Waals surface area (Å²) in [5.41, 5.74) is 5.75. The molecule has 0 aromatic heterocycles. The van der Waals surface area contributed by atoms with Crippen LogP contribution in [-0.4, -0.2) is 8.07 Å². The number of hydrogen-bond acceptors (Lipinski definition) is 0. The van der Waals surface area contributed by atoms with Gasteiger partial charge in [0.25, 0.3) is 0 Å². The first-order chi connectivity index (χ1) is 8.23. The molecular weight excluding hydrogens is 232 g/mol. The van der Waals surface area contributed by atoms with Gasteiger partial charge in [0.1, 0.15) is 8.07 Å². The van der Waals surface area contributed by atoms with E-state index in [0.29, 0.717) is 10.8 Å². The number of allylic oxidation sites excluding steroid dienone is 3. The quantitative estimate of drug-likeness (QED) is 0.379. The lowest BCUT2D eigenvalue weighted by Crippen LogP contribution is -2.30. The lowest BCUT2D eigenvalue weighted by atomic mass is 9.68. The smallest absolute Gasteiger partial charge is 0.126 e. The standard InChI is InChI=1S/C17H26Si/c1-7-11-18(5,6)12-9-15-13-14-8-10-17(15,4)16(14,2)3/h7,13-14H,1,8,10-11H2,2-6H3/t14-,17+/m1/s1. The zero-order chi connectivity index (χ0) is 13.6. The number of hydrogen-bond donors (Lipinski definition) is 0. The van der Waals surface area contributed by atoms with Gasteiger partial charge in [0.2, 0.25) is 0 Å². The Hall–Kier alpha value is -0.743. The molecule has 2 bridgehead atoms. The second-order valence-corrected chi connectivity index (χ2v) is 11.8. The summed E-state index contributed by atoms with van der Waals surface area (Å²) < 4.78 is 0. The molecule has 0 saturated heterocycles. The van der Waals surface area contributed by atoms with E-state index < -0.39 is 8.07 Å². The van der Waals surface area contributed by atoms with Crippen LogP contribution in [0.4, 0.5) is 0 Å². The van der Waals surface area contributed by atoms with Crippen molar-refractivity contribution in [2.75, 3.05) is 0 Å². The van der Waals surface area contributed by atoms with Crippen molar-refractivity contribution in [3.63, 3.8) is 0 Å². The molecule has 0 aliphatic heterocycles. The Kier molecular flexibility index (Phi) is 3.14. The fourth-order valence-corrected chi connectivity index (χ4v) is 4.82. The summed E-state index contributed by atoms with van der Waals surface area (Å²) >= 11 is 0. The molecule has 2 rings (SSSR count). The lowest BCUT2D eigenvalue weighted by Gasteiger charge is -2.36. The van der Waals surface area contributed by atoms with Gasteiger partial charge in [-0.1, -0.05) is 51.9 Å². The van der Waals surface area contributed by atoms with Crippen LogP contribution in [0.1, 0.15) is 33.6 Å². The van der Waals surface area contributed by atoms with E-state index in [1.54, 1.807) is 0 Å². The van der Waals surface area contributed by atoms with Gasteiger partial charge in [-0.3, -0.25) is 0 Å². The summed E-state index contributed by atoms with van der Waals surface area (Å²) in [4.78, 5) is 0. The molecule has 0 N–H and O–H groups in total. The minimum Gasteiger partial charge on any atom is -0.126 e. The van der Waals surface area contributed by atoms with Crippen molar-refractivity contribution in [1.29, 1.82) is 0 Å². The third kappa shape index (κ3) is 1.91. The van der Waals surface area contributed by atoms with Crippen LogP contribution in [0.15, 0.2) is 24.3 Å². The Morgan fingerprint density at radius 1 is 1.44 bits per heavy atom. The molecule has 0 unspecified atom stereocenters. The normalized spacial score (nSPS) is 32.7. The Morgan fingerprint density at radius 2 is 2.11 bits per heavy atom. The molecule has 18 heavy (non-hydrogen) atoms. The van der Waals surface area contributed by atoms with E-state index >= 15 is 0 Å². The summed E-state index contributed by atoms with van der Waals surface area (Å²) in [6.45, 7) is 15.8. The largest absolute Gasteiger partial charge is 0.136 e. The van der Waals surface area contributed by atoms with Crippen LogP contribution >= 0.6 is 0 Å². The lowest BCUT2D eigenvalue weighted by molar-refractivity contribution is 0.175. The van der Waals surface area contributed by atoms with Gasteiger partial charge < -0.3 is 0 Å². The summed E-state index contributed by atoms with van der Waals surface area (Å²) in [6.07, 6.45) is 7.16. The average Bonchev–Trinajstić information content (AvgIpc) is 2.58. The molecule has 0 nitrogen and oxygen atoms in total. The van der Waals surface area contributed by atoms with Gasteiger partial charge in [0, 0.05) is 11.0 Å². The van der Waals surface area contributed by atoms with Gasteiger partial charge >= 0.3 is 0 Å². The van der Waals surface area contributed by atoms with Crippen LogP contribution < -0.4 is 0 Å². The molecule has 2 aliphatic carbocycles. The maximum absolute atomic E-state index is 3.85. The van der Waals surface area contributed by atoms with Crippen molar-refractivity contribution in [1.82, 2.24) is 0 Å². The highest BCUT2D eigenvalue weighted by Gasteiger charge is 2.56. The predicted octanol–water partition coefficient (Wildman–Crippen LogP) is 4.81. The number of fused-ring (bicyclic) bond motifs is 2. The zero-order valence-electron chi connectivity index (χ0n) is 12.6. The maximum Gasteiger partial charge on any atom is 0.136 e. The number of rotatable bonds is 2. The molecule has 0 heterocycles. The average molecular weight is 258 g/mol. The van der Waals surface area contributed by atoms with Gasteiger partial charge in [-0.05, 0) is 30.2 Å². The van der Waals surface area contributed by atoms with Gasteiger partial charge in [0.15, 0.2) is 0 Å². The molecule has 0 amide bonds. The first-order valence-corrected chi connectivity index (χ1v) is 10.3. The highest BCUT2D eigenvalue weighted by atomic mass is 28.3. The zero-order valence-corrected chi connectivity index (χ0v) is 13.6. The summed E-state index contributed by atoms with van der Waals surface area (Å²) in [5.74, 6) is 4.31. The van der Waals surface area contributed by atoms with Gasteiger partial charge in [-0.25, -0.2) is 0 Å².